The molecule has 0 saturated heterocycles. The summed E-state index contributed by atoms with van der Waals surface area (Å²) in [4.78, 5) is 2.62. The smallest absolute Gasteiger partial charge is 0.0403 e. The van der Waals surface area contributed by atoms with Crippen LogP contribution in [0.4, 0.5) is 0 Å². The number of hydrogen-bond donors (Lipinski definition) is 1. The Kier molecular flexibility index (Phi) is 4.61. The van der Waals surface area contributed by atoms with Gasteiger partial charge < -0.3 is 5.73 Å². The fourth-order valence-corrected chi connectivity index (χ4v) is 3.42. The van der Waals surface area contributed by atoms with Crippen LogP contribution in [0.25, 0.3) is 0 Å². The van der Waals surface area contributed by atoms with E-state index in [-0.39, 0.29) is 6.04 Å². The van der Waals surface area contributed by atoms with Crippen molar-refractivity contribution in [1.29, 1.82) is 0 Å². The lowest BCUT2D eigenvalue weighted by Crippen LogP contribution is -2.12. The van der Waals surface area contributed by atoms with Crippen LogP contribution in [-0.2, 0) is 0 Å². The van der Waals surface area contributed by atoms with E-state index in [1.165, 1.54) is 20.6 Å². The van der Waals surface area contributed by atoms with Gasteiger partial charge in [-0.05, 0) is 41.3 Å². The molecule has 0 aliphatic carbocycles. The Morgan fingerprint density at radius 3 is 2.64 bits per heavy atom. The summed E-state index contributed by atoms with van der Waals surface area (Å²) in [6, 6.07) is 2.34. The third-order valence-electron chi connectivity index (χ3n) is 2.53. The second kappa shape index (κ2) is 5.29. The molecule has 2 unspecified atom stereocenters. The first kappa shape index (κ1) is 12.2. The molecule has 1 rings (SSSR count). The van der Waals surface area contributed by atoms with Gasteiger partial charge in [-0.3, -0.25) is 0 Å². The van der Waals surface area contributed by atoms with Crippen LogP contribution in [0.1, 0.15) is 42.5 Å². The molecule has 1 aromatic heterocycles. The minimum atomic E-state index is 0.193. The number of hydrogen-bond acceptors (Lipinski definition) is 2. The van der Waals surface area contributed by atoms with Gasteiger partial charge in [0.2, 0.25) is 0 Å². The minimum absolute atomic E-state index is 0.193. The molecule has 0 fully saturated rings. The largest absolute Gasteiger partial charge is 0.323 e. The van der Waals surface area contributed by atoms with Gasteiger partial charge in [-0.25, -0.2) is 0 Å². The Hall–Kier alpha value is 0.140. The predicted octanol–water partition coefficient (Wildman–Crippen LogP) is 4.26. The van der Waals surface area contributed by atoms with E-state index in [0.717, 1.165) is 6.42 Å². The molecule has 0 aliphatic heterocycles. The monoisotopic (exact) mass is 275 g/mol. The number of aryl methyl sites for hydroxylation is 1. The number of halogens is 1. The van der Waals surface area contributed by atoms with Crippen molar-refractivity contribution in [1.82, 2.24) is 0 Å². The lowest BCUT2D eigenvalue weighted by atomic mass is 9.99. The van der Waals surface area contributed by atoms with Crippen molar-refractivity contribution < 1.29 is 0 Å². The van der Waals surface area contributed by atoms with Gasteiger partial charge in [-0.1, -0.05) is 20.3 Å². The Morgan fingerprint density at radius 2 is 2.21 bits per heavy atom. The molecule has 2 atom stereocenters. The molecule has 0 amide bonds. The van der Waals surface area contributed by atoms with Crippen LogP contribution in [0, 0.1) is 12.8 Å². The second-order valence-electron chi connectivity index (χ2n) is 3.92. The van der Waals surface area contributed by atoms with Crippen LogP contribution in [0.3, 0.4) is 0 Å². The molecule has 14 heavy (non-hydrogen) atoms. The summed E-state index contributed by atoms with van der Waals surface area (Å²) in [6.07, 6.45) is 2.28. The summed E-state index contributed by atoms with van der Waals surface area (Å²) in [6.45, 7) is 6.59. The number of thiophene rings is 1. The van der Waals surface area contributed by atoms with Crippen LogP contribution in [0.15, 0.2) is 10.5 Å². The highest BCUT2D eigenvalue weighted by Crippen LogP contribution is 2.34. The Labute approximate surface area is 98.8 Å². The van der Waals surface area contributed by atoms with Crippen molar-refractivity contribution in [3.05, 3.63) is 20.3 Å². The summed E-state index contributed by atoms with van der Waals surface area (Å²) in [5.41, 5.74) is 6.17. The van der Waals surface area contributed by atoms with Gasteiger partial charge in [0.25, 0.3) is 0 Å². The molecule has 0 spiro atoms. The summed E-state index contributed by atoms with van der Waals surface area (Å²) in [5.74, 6) is 0.708. The van der Waals surface area contributed by atoms with Crippen LogP contribution < -0.4 is 5.73 Å². The minimum Gasteiger partial charge on any atom is -0.323 e. The number of nitrogens with two attached hydrogens (primary N) is 1. The van der Waals surface area contributed by atoms with Gasteiger partial charge in [0.15, 0.2) is 0 Å². The molecule has 80 valence electrons. The number of rotatable bonds is 4. The summed E-state index contributed by atoms with van der Waals surface area (Å²) in [7, 11) is 0. The topological polar surface area (TPSA) is 26.0 Å². The maximum Gasteiger partial charge on any atom is 0.0403 e. The van der Waals surface area contributed by atoms with E-state index in [2.05, 4.69) is 42.8 Å². The van der Waals surface area contributed by atoms with E-state index >= 15 is 0 Å². The normalized spacial score (nSPS) is 15.5. The first-order chi connectivity index (χ1) is 6.54. The lowest BCUT2D eigenvalue weighted by Gasteiger charge is -2.14. The van der Waals surface area contributed by atoms with Gasteiger partial charge in [-0.15, -0.1) is 11.3 Å². The Morgan fingerprint density at radius 1 is 1.57 bits per heavy atom. The molecule has 0 radical (unpaired) electrons. The second-order valence-corrected chi connectivity index (χ2v) is 6.07. The third kappa shape index (κ3) is 3.07. The van der Waals surface area contributed by atoms with Crippen molar-refractivity contribution in [3.8, 4) is 0 Å². The fourth-order valence-electron chi connectivity index (χ4n) is 1.46. The third-order valence-corrected chi connectivity index (χ3v) is 4.63. The van der Waals surface area contributed by atoms with E-state index in [0.29, 0.717) is 5.92 Å². The van der Waals surface area contributed by atoms with Gasteiger partial charge in [-0.2, -0.15) is 0 Å². The highest BCUT2D eigenvalue weighted by molar-refractivity contribution is 9.10. The average Bonchev–Trinajstić information content (AvgIpc) is 2.45. The van der Waals surface area contributed by atoms with E-state index in [1.54, 1.807) is 11.3 Å². The fraction of sp³-hybridized carbons (Fsp3) is 0.636. The van der Waals surface area contributed by atoms with Crippen molar-refractivity contribution in [2.24, 2.45) is 11.7 Å². The van der Waals surface area contributed by atoms with Crippen molar-refractivity contribution >= 4 is 27.3 Å². The zero-order valence-electron chi connectivity index (χ0n) is 9.01. The SMILES string of the molecule is CCC(C)CC(N)c1sc(C)cc1Br. The highest BCUT2D eigenvalue weighted by atomic mass is 79.9. The lowest BCUT2D eigenvalue weighted by molar-refractivity contribution is 0.464. The van der Waals surface area contributed by atoms with Crippen LogP contribution in [0.2, 0.25) is 0 Å². The molecule has 2 N–H and O–H groups in total. The molecule has 1 nitrogen and oxygen atoms in total. The molecule has 0 saturated carbocycles. The van der Waals surface area contributed by atoms with E-state index in [1.807, 2.05) is 0 Å². The molecule has 0 bridgehead atoms. The van der Waals surface area contributed by atoms with Crippen molar-refractivity contribution in [2.75, 3.05) is 0 Å². The first-order valence-electron chi connectivity index (χ1n) is 5.06. The quantitative estimate of drug-likeness (QED) is 0.873. The van der Waals surface area contributed by atoms with E-state index in [9.17, 15) is 0 Å². The van der Waals surface area contributed by atoms with E-state index < -0.39 is 0 Å². The summed E-state index contributed by atoms with van der Waals surface area (Å²) in [5, 5.41) is 0. The molecular weight excluding hydrogens is 258 g/mol. The Bertz CT molecular complexity index is 295. The molecular formula is C11H18BrNS. The van der Waals surface area contributed by atoms with Crippen LogP contribution in [-0.4, -0.2) is 0 Å². The van der Waals surface area contributed by atoms with Gasteiger partial charge in [0.05, 0.1) is 0 Å². The zero-order valence-corrected chi connectivity index (χ0v) is 11.4. The Balaban J connectivity index is 2.69. The van der Waals surface area contributed by atoms with Gasteiger partial charge in [0.1, 0.15) is 0 Å². The maximum atomic E-state index is 6.17. The predicted molar refractivity (Wildman–Crippen MR) is 67.8 cm³/mol. The van der Waals surface area contributed by atoms with Gasteiger partial charge >= 0.3 is 0 Å². The zero-order chi connectivity index (χ0) is 10.7. The summed E-state index contributed by atoms with van der Waals surface area (Å²) >= 11 is 5.36. The first-order valence-corrected chi connectivity index (χ1v) is 6.67. The maximum absolute atomic E-state index is 6.17. The van der Waals surface area contributed by atoms with Crippen LogP contribution in [0.5, 0.6) is 0 Å². The van der Waals surface area contributed by atoms with Gasteiger partial charge in [0, 0.05) is 20.3 Å². The molecule has 0 aromatic carbocycles. The summed E-state index contributed by atoms with van der Waals surface area (Å²) < 4.78 is 1.18. The molecule has 1 heterocycles. The van der Waals surface area contributed by atoms with Crippen LogP contribution >= 0.6 is 27.3 Å². The molecule has 3 heteroatoms. The molecule has 1 aromatic rings. The van der Waals surface area contributed by atoms with E-state index in [4.69, 9.17) is 5.73 Å². The average molecular weight is 276 g/mol. The highest BCUT2D eigenvalue weighted by Gasteiger charge is 2.15. The standard InChI is InChI=1S/C11H18BrNS/c1-4-7(2)5-10(13)11-9(12)6-8(3)14-11/h6-7,10H,4-5,13H2,1-3H3. The van der Waals surface area contributed by atoms with Crippen molar-refractivity contribution in [3.63, 3.8) is 0 Å². The molecule has 0 aliphatic rings. The van der Waals surface area contributed by atoms with Crippen molar-refractivity contribution in [2.45, 2.75) is 39.7 Å².